The molecule has 0 atom stereocenters. The largest absolute Gasteiger partial charge is 0.441 e. The lowest BCUT2D eigenvalue weighted by atomic mass is 9.72. The minimum Gasteiger partial charge on any atom is -0.441 e. The van der Waals surface area contributed by atoms with Gasteiger partial charge in [-0.3, -0.25) is 14.4 Å². The molecule has 1 saturated heterocycles. The molecule has 0 spiro atoms. The van der Waals surface area contributed by atoms with Gasteiger partial charge in [-0.1, -0.05) is 47.7 Å². The molecule has 0 radical (unpaired) electrons. The normalized spacial score (nSPS) is 15.7. The molecule has 1 amide bonds. The van der Waals surface area contributed by atoms with Crippen LogP contribution in [0.4, 0.5) is 0 Å². The highest BCUT2D eigenvalue weighted by molar-refractivity contribution is 5.84. The van der Waals surface area contributed by atoms with E-state index in [4.69, 9.17) is 4.74 Å². The molecule has 0 N–H and O–H groups in total. The maximum Gasteiger partial charge on any atom is 0.318 e. The van der Waals surface area contributed by atoms with Crippen LogP contribution in [0.1, 0.15) is 25.3 Å². The van der Waals surface area contributed by atoms with Crippen molar-refractivity contribution in [3.05, 3.63) is 70.5 Å². The number of fused-ring (bicyclic) bond motifs is 1. The van der Waals surface area contributed by atoms with Crippen LogP contribution in [0.2, 0.25) is 0 Å². The Morgan fingerprint density at radius 2 is 1.70 bits per heavy atom. The fourth-order valence-electron chi connectivity index (χ4n) is 3.94. The summed E-state index contributed by atoms with van der Waals surface area (Å²) < 4.78 is 6.61. The van der Waals surface area contributed by atoms with E-state index in [1.807, 2.05) is 30.3 Å². The number of amides is 1. The van der Waals surface area contributed by atoms with E-state index < -0.39 is 11.4 Å². The average molecular weight is 406 g/mol. The van der Waals surface area contributed by atoms with Gasteiger partial charge in [-0.2, -0.15) is 4.68 Å². The lowest BCUT2D eigenvalue weighted by Crippen LogP contribution is -2.49. The van der Waals surface area contributed by atoms with Gasteiger partial charge in [0.25, 0.3) is 5.56 Å². The van der Waals surface area contributed by atoms with Crippen LogP contribution in [-0.4, -0.2) is 44.9 Å². The van der Waals surface area contributed by atoms with E-state index in [0.717, 1.165) is 10.2 Å². The van der Waals surface area contributed by atoms with Gasteiger partial charge in [0.05, 0.1) is 10.8 Å². The van der Waals surface area contributed by atoms with Gasteiger partial charge in [0, 0.05) is 20.0 Å². The van der Waals surface area contributed by atoms with E-state index in [9.17, 15) is 14.4 Å². The highest BCUT2D eigenvalue weighted by atomic mass is 16.5. The fraction of sp³-hybridized carbons (Fsp3) is 0.318. The first-order chi connectivity index (χ1) is 14.5. The molecule has 0 bridgehead atoms. The van der Waals surface area contributed by atoms with Crippen LogP contribution in [0, 0.1) is 0 Å². The third-order valence-electron chi connectivity index (χ3n) is 5.73. The summed E-state index contributed by atoms with van der Waals surface area (Å²) in [4.78, 5) is 39.3. The number of benzene rings is 2. The lowest BCUT2D eigenvalue weighted by molar-refractivity contribution is -0.158. The summed E-state index contributed by atoms with van der Waals surface area (Å²) in [7, 11) is 0. The Bertz CT molecular complexity index is 1130. The zero-order valence-electron chi connectivity index (χ0n) is 16.7. The van der Waals surface area contributed by atoms with Crippen molar-refractivity contribution >= 4 is 22.8 Å². The molecule has 0 aliphatic carbocycles. The van der Waals surface area contributed by atoms with E-state index in [0.29, 0.717) is 36.8 Å². The van der Waals surface area contributed by atoms with E-state index in [-0.39, 0.29) is 18.2 Å². The van der Waals surface area contributed by atoms with Crippen LogP contribution in [0.25, 0.3) is 10.9 Å². The SMILES string of the molecule is CC(=O)N1CCC(C(=O)OCn2nnc3ccccc3c2=O)(c2ccccc2)CC1. The minimum atomic E-state index is -0.874. The number of carbonyl (C=O) groups is 2. The van der Waals surface area contributed by atoms with Gasteiger partial charge >= 0.3 is 5.97 Å². The maximum absolute atomic E-state index is 13.3. The van der Waals surface area contributed by atoms with E-state index in [1.165, 1.54) is 6.92 Å². The Morgan fingerprint density at radius 1 is 1.03 bits per heavy atom. The van der Waals surface area contributed by atoms with Crippen LogP contribution in [-0.2, 0) is 26.5 Å². The van der Waals surface area contributed by atoms with Crippen LogP contribution >= 0.6 is 0 Å². The Labute approximate surface area is 173 Å². The number of nitrogens with zero attached hydrogens (tertiary/aromatic N) is 4. The molecule has 154 valence electrons. The second-order valence-electron chi connectivity index (χ2n) is 7.43. The van der Waals surface area contributed by atoms with Crippen molar-refractivity contribution < 1.29 is 14.3 Å². The molecule has 3 aromatic rings. The van der Waals surface area contributed by atoms with Gasteiger partial charge in [0.2, 0.25) is 5.91 Å². The summed E-state index contributed by atoms with van der Waals surface area (Å²) in [6.45, 7) is 2.14. The number of ether oxygens (including phenoxy) is 1. The predicted molar refractivity (Wildman–Crippen MR) is 109 cm³/mol. The number of esters is 1. The molecule has 2 heterocycles. The van der Waals surface area contributed by atoms with Crippen molar-refractivity contribution in [3.63, 3.8) is 0 Å². The fourth-order valence-corrected chi connectivity index (χ4v) is 3.94. The van der Waals surface area contributed by atoms with Gasteiger partial charge < -0.3 is 9.64 Å². The first kappa shape index (κ1) is 19.8. The number of piperidine rings is 1. The topological polar surface area (TPSA) is 94.4 Å². The Hall–Kier alpha value is -3.55. The average Bonchev–Trinajstić information content (AvgIpc) is 2.79. The monoisotopic (exact) mass is 406 g/mol. The van der Waals surface area contributed by atoms with Crippen molar-refractivity contribution in [1.82, 2.24) is 19.9 Å². The summed E-state index contributed by atoms with van der Waals surface area (Å²) in [6.07, 6.45) is 0.904. The molecule has 0 unspecified atom stereocenters. The molecule has 2 aromatic carbocycles. The Balaban J connectivity index is 1.58. The molecular weight excluding hydrogens is 384 g/mol. The minimum absolute atomic E-state index is 0.0111. The second kappa shape index (κ2) is 8.06. The van der Waals surface area contributed by atoms with Crippen molar-refractivity contribution in [2.75, 3.05) is 13.1 Å². The van der Waals surface area contributed by atoms with E-state index in [1.54, 1.807) is 29.2 Å². The van der Waals surface area contributed by atoms with E-state index >= 15 is 0 Å². The number of hydrogen-bond donors (Lipinski definition) is 0. The van der Waals surface area contributed by atoms with Crippen LogP contribution in [0.5, 0.6) is 0 Å². The molecule has 4 rings (SSSR count). The van der Waals surface area contributed by atoms with Crippen LogP contribution < -0.4 is 5.56 Å². The van der Waals surface area contributed by atoms with Crippen molar-refractivity contribution in [2.24, 2.45) is 0 Å². The quantitative estimate of drug-likeness (QED) is 0.614. The molecule has 8 nitrogen and oxygen atoms in total. The number of carbonyl (C=O) groups excluding carboxylic acids is 2. The summed E-state index contributed by atoms with van der Waals surface area (Å²) in [6, 6.07) is 16.3. The highest BCUT2D eigenvalue weighted by Crippen LogP contribution is 2.37. The standard InChI is InChI=1S/C22H22N4O4/c1-16(27)25-13-11-22(12-14-25,17-7-3-2-4-8-17)21(29)30-15-26-20(28)18-9-5-6-10-19(18)23-24-26/h2-10H,11-15H2,1H3. The van der Waals surface area contributed by atoms with Crippen molar-refractivity contribution in [3.8, 4) is 0 Å². The van der Waals surface area contributed by atoms with Gasteiger partial charge in [0.15, 0.2) is 6.73 Å². The van der Waals surface area contributed by atoms with Crippen molar-refractivity contribution in [1.29, 1.82) is 0 Å². The maximum atomic E-state index is 13.3. The number of rotatable bonds is 4. The first-order valence-electron chi connectivity index (χ1n) is 9.82. The van der Waals surface area contributed by atoms with Crippen LogP contribution in [0.3, 0.4) is 0 Å². The third kappa shape index (κ3) is 3.56. The molecule has 1 aromatic heterocycles. The number of aromatic nitrogens is 3. The lowest BCUT2D eigenvalue weighted by Gasteiger charge is -2.40. The number of likely N-dealkylation sites (tertiary alicyclic amines) is 1. The summed E-state index contributed by atoms with van der Waals surface area (Å²) >= 11 is 0. The van der Waals surface area contributed by atoms with Gasteiger partial charge in [-0.15, -0.1) is 5.10 Å². The molecule has 8 heteroatoms. The number of hydrogen-bond acceptors (Lipinski definition) is 6. The zero-order valence-corrected chi connectivity index (χ0v) is 16.7. The Morgan fingerprint density at radius 3 is 2.40 bits per heavy atom. The second-order valence-corrected chi connectivity index (χ2v) is 7.43. The van der Waals surface area contributed by atoms with Gasteiger partial charge in [-0.05, 0) is 30.5 Å². The highest BCUT2D eigenvalue weighted by Gasteiger charge is 2.44. The smallest absolute Gasteiger partial charge is 0.318 e. The molecular formula is C22H22N4O4. The molecule has 1 aliphatic heterocycles. The van der Waals surface area contributed by atoms with Gasteiger partial charge in [-0.25, -0.2) is 0 Å². The summed E-state index contributed by atoms with van der Waals surface area (Å²) in [5.41, 5.74) is 0.0901. The Kier molecular flexibility index (Phi) is 5.31. The predicted octanol–water partition coefficient (Wildman–Crippen LogP) is 1.87. The van der Waals surface area contributed by atoms with Gasteiger partial charge in [0.1, 0.15) is 5.52 Å². The molecule has 1 aliphatic rings. The molecule has 1 fully saturated rings. The molecule has 30 heavy (non-hydrogen) atoms. The summed E-state index contributed by atoms with van der Waals surface area (Å²) in [5, 5.41) is 8.31. The third-order valence-corrected chi connectivity index (χ3v) is 5.73. The van der Waals surface area contributed by atoms with Crippen LogP contribution in [0.15, 0.2) is 59.4 Å². The zero-order chi connectivity index (χ0) is 21.1. The first-order valence-corrected chi connectivity index (χ1v) is 9.82. The summed E-state index contributed by atoms with van der Waals surface area (Å²) in [5.74, 6) is -0.443. The molecule has 0 saturated carbocycles. The van der Waals surface area contributed by atoms with E-state index in [2.05, 4.69) is 10.3 Å². The van der Waals surface area contributed by atoms with Crippen molar-refractivity contribution in [2.45, 2.75) is 31.9 Å².